The number of nitrogens with one attached hydrogen (secondary N) is 2. The van der Waals surface area contributed by atoms with Crippen molar-refractivity contribution in [1.29, 1.82) is 0 Å². The van der Waals surface area contributed by atoms with E-state index in [-0.39, 0.29) is 12.1 Å². The summed E-state index contributed by atoms with van der Waals surface area (Å²) in [6, 6.07) is 17.8. The molecule has 2 amide bonds. The van der Waals surface area contributed by atoms with Gasteiger partial charge in [0.05, 0.1) is 5.69 Å². The van der Waals surface area contributed by atoms with Gasteiger partial charge in [0.25, 0.3) is 0 Å². The Kier molecular flexibility index (Phi) is 5.02. The quantitative estimate of drug-likeness (QED) is 0.694. The summed E-state index contributed by atoms with van der Waals surface area (Å²) >= 11 is 0. The van der Waals surface area contributed by atoms with E-state index in [0.717, 1.165) is 41.4 Å². The van der Waals surface area contributed by atoms with Crippen molar-refractivity contribution < 1.29 is 9.21 Å². The second-order valence-corrected chi connectivity index (χ2v) is 7.11. The molecular weight excluding hydrogens is 352 g/mol. The molecule has 2 aromatic carbocycles. The van der Waals surface area contributed by atoms with Gasteiger partial charge in [-0.3, -0.25) is 0 Å². The van der Waals surface area contributed by atoms with E-state index < -0.39 is 0 Å². The molecule has 1 unspecified atom stereocenters. The zero-order valence-corrected chi connectivity index (χ0v) is 16.1. The number of aromatic nitrogens is 1. The Morgan fingerprint density at radius 1 is 1.07 bits per heavy atom. The number of hydrogen-bond acceptors (Lipinski definition) is 4. The molecule has 144 valence electrons. The van der Waals surface area contributed by atoms with Crippen LogP contribution in [0.3, 0.4) is 0 Å². The Balaban J connectivity index is 1.33. The Bertz CT molecular complexity index is 931. The summed E-state index contributed by atoms with van der Waals surface area (Å²) in [5, 5.41) is 6.45. The van der Waals surface area contributed by atoms with Crippen LogP contribution < -0.4 is 10.6 Å². The molecule has 0 saturated carbocycles. The molecule has 3 aromatic rings. The normalized spacial score (nSPS) is 16.2. The van der Waals surface area contributed by atoms with Crippen LogP contribution in [0.5, 0.6) is 0 Å². The lowest BCUT2D eigenvalue weighted by atomic mass is 10.2. The number of likely N-dealkylation sites (tertiary alicyclic amines) is 1. The molecule has 2 heterocycles. The molecule has 1 aliphatic heterocycles. The molecule has 0 spiro atoms. The standard InChI is InChI=1S/C22H24N4O2/c1-15-16(2)28-21(23-15)17-8-10-19(11-9-17)25-22(27)26-13-12-20(14-26)24-18-6-4-3-5-7-18/h3-11,20,24H,12-14H2,1-2H3,(H,25,27). The molecular formula is C22H24N4O2. The maximum absolute atomic E-state index is 12.6. The maximum Gasteiger partial charge on any atom is 0.321 e. The van der Waals surface area contributed by atoms with Crippen molar-refractivity contribution in [3.63, 3.8) is 0 Å². The third-order valence-corrected chi connectivity index (χ3v) is 5.03. The van der Waals surface area contributed by atoms with Crippen LogP contribution in [0.4, 0.5) is 16.2 Å². The van der Waals surface area contributed by atoms with E-state index in [2.05, 4.69) is 15.6 Å². The van der Waals surface area contributed by atoms with Crippen LogP contribution in [-0.2, 0) is 0 Å². The smallest absolute Gasteiger partial charge is 0.321 e. The first kappa shape index (κ1) is 18.1. The minimum atomic E-state index is -0.0760. The lowest BCUT2D eigenvalue weighted by molar-refractivity contribution is 0.222. The second-order valence-electron chi connectivity index (χ2n) is 7.11. The summed E-state index contributed by atoms with van der Waals surface area (Å²) < 4.78 is 5.65. The molecule has 1 fully saturated rings. The topological polar surface area (TPSA) is 70.4 Å². The number of urea groups is 1. The fraction of sp³-hybridized carbons (Fsp3) is 0.273. The monoisotopic (exact) mass is 376 g/mol. The summed E-state index contributed by atoms with van der Waals surface area (Å²) in [7, 11) is 0. The molecule has 0 aliphatic carbocycles. The lowest BCUT2D eigenvalue weighted by Gasteiger charge is -2.18. The van der Waals surface area contributed by atoms with Gasteiger partial charge in [-0.2, -0.15) is 0 Å². The number of oxazole rings is 1. The van der Waals surface area contributed by atoms with Crippen LogP contribution >= 0.6 is 0 Å². The first-order chi connectivity index (χ1) is 13.6. The number of amides is 2. The molecule has 1 saturated heterocycles. The van der Waals surface area contributed by atoms with E-state index in [0.29, 0.717) is 12.4 Å². The van der Waals surface area contributed by atoms with E-state index in [4.69, 9.17) is 4.42 Å². The number of hydrogen-bond donors (Lipinski definition) is 2. The zero-order chi connectivity index (χ0) is 19.5. The van der Waals surface area contributed by atoms with Gasteiger partial charge in [0, 0.05) is 36.1 Å². The molecule has 6 nitrogen and oxygen atoms in total. The minimum Gasteiger partial charge on any atom is -0.441 e. The first-order valence-electron chi connectivity index (χ1n) is 9.50. The molecule has 28 heavy (non-hydrogen) atoms. The zero-order valence-electron chi connectivity index (χ0n) is 16.1. The van der Waals surface area contributed by atoms with Gasteiger partial charge < -0.3 is 20.0 Å². The molecule has 4 rings (SSSR count). The van der Waals surface area contributed by atoms with Crippen LogP contribution in [0.1, 0.15) is 17.9 Å². The average molecular weight is 376 g/mol. The first-order valence-corrected chi connectivity index (χ1v) is 9.50. The van der Waals surface area contributed by atoms with Gasteiger partial charge in [-0.25, -0.2) is 9.78 Å². The van der Waals surface area contributed by atoms with Gasteiger partial charge >= 0.3 is 6.03 Å². The van der Waals surface area contributed by atoms with E-state index in [1.165, 1.54) is 0 Å². The average Bonchev–Trinajstić information content (AvgIpc) is 3.30. The SMILES string of the molecule is Cc1nc(-c2ccc(NC(=O)N3CCC(Nc4ccccc4)C3)cc2)oc1C. The van der Waals surface area contributed by atoms with E-state index in [1.54, 1.807) is 0 Å². The number of nitrogens with zero attached hydrogens (tertiary/aromatic N) is 2. The predicted molar refractivity (Wildman–Crippen MR) is 110 cm³/mol. The Hall–Kier alpha value is -3.28. The van der Waals surface area contributed by atoms with Crippen LogP contribution in [0.15, 0.2) is 59.0 Å². The summed E-state index contributed by atoms with van der Waals surface area (Å²) in [4.78, 5) is 18.8. The maximum atomic E-state index is 12.6. The van der Waals surface area contributed by atoms with E-state index in [9.17, 15) is 4.79 Å². The van der Waals surface area contributed by atoms with Crippen molar-refractivity contribution in [2.24, 2.45) is 0 Å². The highest BCUT2D eigenvalue weighted by Crippen LogP contribution is 2.23. The fourth-order valence-electron chi connectivity index (χ4n) is 3.33. The Morgan fingerprint density at radius 3 is 2.50 bits per heavy atom. The van der Waals surface area contributed by atoms with Gasteiger partial charge in [-0.15, -0.1) is 0 Å². The van der Waals surface area contributed by atoms with E-state index >= 15 is 0 Å². The van der Waals surface area contributed by atoms with Gasteiger partial charge in [0.2, 0.25) is 5.89 Å². The number of anilines is 2. The largest absolute Gasteiger partial charge is 0.441 e. The summed E-state index contributed by atoms with van der Waals surface area (Å²) in [5.74, 6) is 1.42. The number of carbonyl (C=O) groups is 1. The van der Waals surface area contributed by atoms with Crippen LogP contribution in [0.2, 0.25) is 0 Å². The molecule has 2 N–H and O–H groups in total. The predicted octanol–water partition coefficient (Wildman–Crippen LogP) is 4.68. The molecule has 0 bridgehead atoms. The Morgan fingerprint density at radius 2 is 1.82 bits per heavy atom. The van der Waals surface area contributed by atoms with E-state index in [1.807, 2.05) is 73.3 Å². The summed E-state index contributed by atoms with van der Waals surface area (Å²) in [6.45, 7) is 5.25. The highest BCUT2D eigenvalue weighted by atomic mass is 16.4. The van der Waals surface area contributed by atoms with Crippen molar-refractivity contribution in [3.8, 4) is 11.5 Å². The number of aryl methyl sites for hydroxylation is 2. The van der Waals surface area contributed by atoms with Crippen LogP contribution in [0, 0.1) is 13.8 Å². The minimum absolute atomic E-state index is 0.0760. The van der Waals surface area contributed by atoms with Crippen molar-refractivity contribution in [2.45, 2.75) is 26.3 Å². The molecule has 0 radical (unpaired) electrons. The summed E-state index contributed by atoms with van der Waals surface area (Å²) in [5.41, 5.74) is 3.62. The fourth-order valence-corrected chi connectivity index (χ4v) is 3.33. The molecule has 6 heteroatoms. The van der Waals surface area contributed by atoms with Gasteiger partial charge in [-0.05, 0) is 56.7 Å². The van der Waals surface area contributed by atoms with Crippen molar-refractivity contribution in [1.82, 2.24) is 9.88 Å². The number of benzene rings is 2. The highest BCUT2D eigenvalue weighted by Gasteiger charge is 2.26. The van der Waals surface area contributed by atoms with Crippen LogP contribution in [0.25, 0.3) is 11.5 Å². The molecule has 1 atom stereocenters. The van der Waals surface area contributed by atoms with Crippen molar-refractivity contribution in [2.75, 3.05) is 23.7 Å². The lowest BCUT2D eigenvalue weighted by Crippen LogP contribution is -2.34. The highest BCUT2D eigenvalue weighted by molar-refractivity contribution is 5.89. The number of rotatable bonds is 4. The van der Waals surface area contributed by atoms with Crippen molar-refractivity contribution in [3.05, 3.63) is 66.1 Å². The number of para-hydroxylation sites is 1. The van der Waals surface area contributed by atoms with Gasteiger partial charge in [-0.1, -0.05) is 18.2 Å². The third kappa shape index (κ3) is 4.01. The number of carbonyl (C=O) groups excluding carboxylic acids is 1. The summed E-state index contributed by atoms with van der Waals surface area (Å²) in [6.07, 6.45) is 0.935. The van der Waals surface area contributed by atoms with Gasteiger partial charge in [0.1, 0.15) is 5.76 Å². The molecule has 1 aliphatic rings. The second kappa shape index (κ2) is 7.76. The molecule has 1 aromatic heterocycles. The Labute approximate surface area is 164 Å². The van der Waals surface area contributed by atoms with Crippen LogP contribution in [-0.4, -0.2) is 35.0 Å². The third-order valence-electron chi connectivity index (χ3n) is 5.03. The van der Waals surface area contributed by atoms with Crippen molar-refractivity contribution >= 4 is 17.4 Å². The van der Waals surface area contributed by atoms with Gasteiger partial charge in [0.15, 0.2) is 0 Å².